The van der Waals surface area contributed by atoms with E-state index in [0.29, 0.717) is 36.5 Å². The van der Waals surface area contributed by atoms with Gasteiger partial charge in [0.1, 0.15) is 16.2 Å². The molecule has 1 aromatic heterocycles. The number of benzene rings is 2. The lowest BCUT2D eigenvalue weighted by atomic mass is 10.0. The molecule has 7 nitrogen and oxygen atoms in total. The first kappa shape index (κ1) is 20.7. The highest BCUT2D eigenvalue weighted by atomic mass is 32.2. The number of carbonyl (C=O) groups excluding carboxylic acids is 1. The standard InChI is InChI=1S/C24H23N3O4S/c28-23(19-8-2-1-3-9-19)26-15-13-24(17-26)18-27(16-20-10-6-7-14-25-20)32(29,30)22-12-5-4-11-21(22)31-24/h1-12,14H,13,15-18H2. The van der Waals surface area contributed by atoms with E-state index in [-0.39, 0.29) is 23.9 Å². The number of nitrogens with zero attached hydrogens (tertiary/aromatic N) is 3. The van der Waals surface area contributed by atoms with Crippen molar-refractivity contribution in [2.24, 2.45) is 0 Å². The van der Waals surface area contributed by atoms with Crippen molar-refractivity contribution in [1.82, 2.24) is 14.2 Å². The van der Waals surface area contributed by atoms with E-state index in [4.69, 9.17) is 4.74 Å². The van der Waals surface area contributed by atoms with E-state index in [1.807, 2.05) is 24.3 Å². The first-order valence-electron chi connectivity index (χ1n) is 10.5. The molecule has 0 aliphatic carbocycles. The lowest BCUT2D eigenvalue weighted by molar-refractivity contribution is 0.0509. The van der Waals surface area contributed by atoms with Crippen LogP contribution in [-0.4, -0.2) is 53.7 Å². The van der Waals surface area contributed by atoms with Gasteiger partial charge in [-0.25, -0.2) is 8.42 Å². The topological polar surface area (TPSA) is 79.8 Å². The average Bonchev–Trinajstić information content (AvgIpc) is 3.19. The van der Waals surface area contributed by atoms with Crippen molar-refractivity contribution in [2.45, 2.75) is 23.5 Å². The van der Waals surface area contributed by atoms with Crippen molar-refractivity contribution in [3.63, 3.8) is 0 Å². The minimum absolute atomic E-state index is 0.0808. The predicted molar refractivity (Wildman–Crippen MR) is 119 cm³/mol. The van der Waals surface area contributed by atoms with Crippen LogP contribution in [0.1, 0.15) is 22.5 Å². The third kappa shape index (κ3) is 3.76. The first-order valence-corrected chi connectivity index (χ1v) is 11.9. The number of hydrogen-bond acceptors (Lipinski definition) is 5. The minimum Gasteiger partial charge on any atom is -0.483 e. The molecule has 32 heavy (non-hydrogen) atoms. The fraction of sp³-hybridized carbons (Fsp3) is 0.250. The van der Waals surface area contributed by atoms with Crippen molar-refractivity contribution in [3.8, 4) is 5.75 Å². The normalized spacial score (nSPS) is 22.2. The maximum Gasteiger partial charge on any atom is 0.253 e. The second-order valence-electron chi connectivity index (χ2n) is 8.17. The quantitative estimate of drug-likeness (QED) is 0.614. The van der Waals surface area contributed by atoms with Crippen molar-refractivity contribution in [1.29, 1.82) is 0 Å². The third-order valence-electron chi connectivity index (χ3n) is 5.95. The summed E-state index contributed by atoms with van der Waals surface area (Å²) < 4.78 is 34.9. The number of aromatic nitrogens is 1. The summed E-state index contributed by atoms with van der Waals surface area (Å²) in [6.07, 6.45) is 2.18. The van der Waals surface area contributed by atoms with Crippen LogP contribution < -0.4 is 4.74 Å². The summed E-state index contributed by atoms with van der Waals surface area (Å²) in [5.41, 5.74) is 0.427. The van der Waals surface area contributed by atoms with Crippen molar-refractivity contribution in [2.75, 3.05) is 19.6 Å². The van der Waals surface area contributed by atoms with Crippen molar-refractivity contribution < 1.29 is 17.9 Å². The van der Waals surface area contributed by atoms with Gasteiger partial charge in [-0.15, -0.1) is 0 Å². The number of likely N-dealkylation sites (tertiary alicyclic amines) is 1. The summed E-state index contributed by atoms with van der Waals surface area (Å²) in [5.74, 6) is 0.243. The molecule has 164 valence electrons. The molecule has 1 atom stereocenters. The molecule has 2 aliphatic rings. The molecule has 1 unspecified atom stereocenters. The molecule has 8 heteroatoms. The van der Waals surface area contributed by atoms with Crippen LogP contribution in [0.4, 0.5) is 0 Å². The van der Waals surface area contributed by atoms with Gasteiger partial charge in [0.05, 0.1) is 25.3 Å². The molecule has 3 aromatic rings. The Morgan fingerprint density at radius 2 is 1.72 bits per heavy atom. The molecule has 5 rings (SSSR count). The SMILES string of the molecule is O=C(c1ccccc1)N1CCC2(C1)CN(Cc1ccccn1)S(=O)(=O)c1ccccc1O2. The first-order chi connectivity index (χ1) is 15.5. The smallest absolute Gasteiger partial charge is 0.253 e. The Morgan fingerprint density at radius 3 is 2.50 bits per heavy atom. The molecule has 0 N–H and O–H groups in total. The van der Waals surface area contributed by atoms with E-state index in [0.717, 1.165) is 0 Å². The lowest BCUT2D eigenvalue weighted by Gasteiger charge is -2.31. The second-order valence-corrected chi connectivity index (χ2v) is 10.1. The summed E-state index contributed by atoms with van der Waals surface area (Å²) in [5, 5.41) is 0. The van der Waals surface area contributed by atoms with Crippen LogP contribution in [0.2, 0.25) is 0 Å². The van der Waals surface area contributed by atoms with Crippen LogP contribution >= 0.6 is 0 Å². The van der Waals surface area contributed by atoms with E-state index in [2.05, 4.69) is 4.98 Å². The monoisotopic (exact) mass is 449 g/mol. The van der Waals surface area contributed by atoms with Crippen LogP contribution in [0.3, 0.4) is 0 Å². The maximum atomic E-state index is 13.5. The van der Waals surface area contributed by atoms with Gasteiger partial charge in [-0.1, -0.05) is 36.4 Å². The molecular formula is C24H23N3O4S. The number of carbonyl (C=O) groups is 1. The molecule has 1 spiro atoms. The second kappa shape index (κ2) is 8.03. The number of para-hydroxylation sites is 1. The Bertz CT molecular complexity index is 1230. The van der Waals surface area contributed by atoms with Crippen LogP contribution in [-0.2, 0) is 16.6 Å². The summed E-state index contributed by atoms with van der Waals surface area (Å²) in [6.45, 7) is 1.07. The Labute approximate surface area is 187 Å². The summed E-state index contributed by atoms with van der Waals surface area (Å²) >= 11 is 0. The van der Waals surface area contributed by atoms with Gasteiger partial charge in [0, 0.05) is 24.7 Å². The Balaban J connectivity index is 1.50. The fourth-order valence-corrected chi connectivity index (χ4v) is 5.97. The van der Waals surface area contributed by atoms with E-state index in [1.54, 1.807) is 59.6 Å². The van der Waals surface area contributed by atoms with E-state index in [1.165, 1.54) is 4.31 Å². The zero-order valence-corrected chi connectivity index (χ0v) is 18.2. The number of hydrogen-bond donors (Lipinski definition) is 0. The maximum absolute atomic E-state index is 13.5. The number of sulfonamides is 1. The average molecular weight is 450 g/mol. The van der Waals surface area contributed by atoms with E-state index < -0.39 is 15.6 Å². The molecule has 0 radical (unpaired) electrons. The highest BCUT2D eigenvalue weighted by Gasteiger charge is 2.48. The number of pyridine rings is 1. The van der Waals surface area contributed by atoms with Gasteiger partial charge >= 0.3 is 0 Å². The summed E-state index contributed by atoms with van der Waals surface area (Å²) in [7, 11) is -3.81. The van der Waals surface area contributed by atoms with Crippen molar-refractivity contribution >= 4 is 15.9 Å². The summed E-state index contributed by atoms with van der Waals surface area (Å²) in [4.78, 5) is 19.2. The number of ether oxygens (including phenoxy) is 1. The molecule has 0 bridgehead atoms. The van der Waals surface area contributed by atoms with E-state index in [9.17, 15) is 13.2 Å². The molecule has 0 saturated carbocycles. The Morgan fingerprint density at radius 1 is 0.969 bits per heavy atom. The van der Waals surface area contributed by atoms with Gasteiger partial charge in [0.25, 0.3) is 5.91 Å². The van der Waals surface area contributed by atoms with Crippen LogP contribution in [0.25, 0.3) is 0 Å². The van der Waals surface area contributed by atoms with Crippen LogP contribution in [0, 0.1) is 0 Å². The van der Waals surface area contributed by atoms with E-state index >= 15 is 0 Å². The van der Waals surface area contributed by atoms with Gasteiger partial charge < -0.3 is 9.64 Å². The number of rotatable bonds is 3. The molecule has 3 heterocycles. The zero-order valence-electron chi connectivity index (χ0n) is 17.4. The van der Waals surface area contributed by atoms with Gasteiger partial charge in [-0.2, -0.15) is 4.31 Å². The third-order valence-corrected chi connectivity index (χ3v) is 7.78. The van der Waals surface area contributed by atoms with Gasteiger partial charge in [-0.3, -0.25) is 9.78 Å². The molecule has 1 amide bonds. The number of amides is 1. The van der Waals surface area contributed by atoms with Crippen LogP contribution in [0.15, 0.2) is 83.9 Å². The van der Waals surface area contributed by atoms with Gasteiger partial charge in [0.2, 0.25) is 10.0 Å². The molecule has 1 fully saturated rings. The molecular weight excluding hydrogens is 426 g/mol. The Hall–Kier alpha value is -3.23. The predicted octanol–water partition coefficient (Wildman–Crippen LogP) is 2.95. The lowest BCUT2D eigenvalue weighted by Crippen LogP contribution is -2.49. The number of fused-ring (bicyclic) bond motifs is 1. The summed E-state index contributed by atoms with van der Waals surface area (Å²) in [6, 6.07) is 21.2. The highest BCUT2D eigenvalue weighted by Crippen LogP contribution is 2.39. The van der Waals surface area contributed by atoms with Gasteiger partial charge in [0.15, 0.2) is 0 Å². The molecule has 1 saturated heterocycles. The minimum atomic E-state index is -3.81. The van der Waals surface area contributed by atoms with Crippen LogP contribution in [0.5, 0.6) is 5.75 Å². The zero-order chi connectivity index (χ0) is 22.2. The van der Waals surface area contributed by atoms with Gasteiger partial charge in [-0.05, 0) is 36.4 Å². The molecule has 2 aliphatic heterocycles. The largest absolute Gasteiger partial charge is 0.483 e. The van der Waals surface area contributed by atoms with Crippen molar-refractivity contribution in [3.05, 3.63) is 90.3 Å². The Kier molecular flexibility index (Phi) is 5.19. The highest BCUT2D eigenvalue weighted by molar-refractivity contribution is 7.89. The molecule has 2 aromatic carbocycles. The fourth-order valence-electron chi connectivity index (χ4n) is 4.37.